The highest BCUT2D eigenvalue weighted by molar-refractivity contribution is 6.62. The highest BCUT2D eigenvalue weighted by atomic mass is 19.4. The standard InChI is InChI=1S/C19H23BF5N3O3/c1-17(2)18(3,4)31-20(30-17)12-6-5-10(14(21)15(12)22)11(16(27)19(23,24)25)9-28-8-7-13(26)29/h5-6,9H,7-8,27H2,1-4H3,(H2,26,29)/b16-11+,28-9?. The van der Waals surface area contributed by atoms with E-state index in [9.17, 15) is 26.7 Å². The number of amides is 1. The van der Waals surface area contributed by atoms with Crippen molar-refractivity contribution in [2.75, 3.05) is 6.54 Å². The van der Waals surface area contributed by atoms with Gasteiger partial charge in [-0.25, -0.2) is 8.78 Å². The van der Waals surface area contributed by atoms with Gasteiger partial charge in [-0.15, -0.1) is 0 Å². The topological polar surface area (TPSA) is 99.9 Å². The highest BCUT2D eigenvalue weighted by Gasteiger charge is 2.52. The van der Waals surface area contributed by atoms with E-state index in [-0.39, 0.29) is 18.4 Å². The third-order valence-electron chi connectivity index (χ3n) is 5.21. The molecule has 170 valence electrons. The van der Waals surface area contributed by atoms with E-state index in [1.807, 2.05) is 0 Å². The average Bonchev–Trinajstić information content (AvgIpc) is 2.83. The Morgan fingerprint density at radius 1 is 1.10 bits per heavy atom. The van der Waals surface area contributed by atoms with Crippen molar-refractivity contribution in [3.8, 4) is 0 Å². The Morgan fingerprint density at radius 2 is 1.65 bits per heavy atom. The normalized spacial score (nSPS) is 19.1. The van der Waals surface area contributed by atoms with Gasteiger partial charge in [0.05, 0.1) is 11.2 Å². The molecule has 1 aliphatic heterocycles. The zero-order valence-electron chi connectivity index (χ0n) is 17.4. The molecule has 1 amide bonds. The van der Waals surface area contributed by atoms with Crippen LogP contribution in [0, 0.1) is 11.6 Å². The summed E-state index contributed by atoms with van der Waals surface area (Å²) in [6, 6.07) is 2.00. The van der Waals surface area contributed by atoms with Gasteiger partial charge in [-0.3, -0.25) is 9.79 Å². The summed E-state index contributed by atoms with van der Waals surface area (Å²) in [7, 11) is -1.26. The van der Waals surface area contributed by atoms with Gasteiger partial charge in [0.25, 0.3) is 0 Å². The summed E-state index contributed by atoms with van der Waals surface area (Å²) >= 11 is 0. The smallest absolute Gasteiger partial charge is 0.399 e. The first-order valence-corrected chi connectivity index (χ1v) is 9.27. The molecule has 0 atom stereocenters. The molecule has 1 fully saturated rings. The number of hydrogen-bond donors (Lipinski definition) is 2. The van der Waals surface area contributed by atoms with E-state index in [0.717, 1.165) is 12.1 Å². The van der Waals surface area contributed by atoms with Crippen LogP contribution >= 0.6 is 0 Å². The van der Waals surface area contributed by atoms with Crippen molar-refractivity contribution in [3.05, 3.63) is 35.0 Å². The van der Waals surface area contributed by atoms with Crippen molar-refractivity contribution >= 4 is 30.3 Å². The number of aliphatic imine (C=N–C) groups is 1. The quantitative estimate of drug-likeness (QED) is 0.398. The lowest BCUT2D eigenvalue weighted by Crippen LogP contribution is -2.41. The summed E-state index contributed by atoms with van der Waals surface area (Å²) in [5.74, 6) is -3.74. The van der Waals surface area contributed by atoms with E-state index in [1.165, 1.54) is 0 Å². The van der Waals surface area contributed by atoms with Crippen LogP contribution in [-0.2, 0) is 14.1 Å². The van der Waals surface area contributed by atoms with Crippen molar-refractivity contribution < 1.29 is 36.1 Å². The number of carbonyl (C=O) groups excluding carboxylic acids is 1. The summed E-state index contributed by atoms with van der Waals surface area (Å²) in [6.07, 6.45) is -4.64. The zero-order valence-corrected chi connectivity index (χ0v) is 17.4. The van der Waals surface area contributed by atoms with Gasteiger partial charge in [0.1, 0.15) is 5.70 Å². The van der Waals surface area contributed by atoms with Gasteiger partial charge >= 0.3 is 13.3 Å². The van der Waals surface area contributed by atoms with Gasteiger partial charge in [-0.1, -0.05) is 12.1 Å². The van der Waals surface area contributed by atoms with Gasteiger partial charge in [-0.05, 0) is 27.7 Å². The fourth-order valence-electron chi connectivity index (χ4n) is 2.69. The number of allylic oxidation sites excluding steroid dienone is 2. The predicted octanol–water partition coefficient (Wildman–Crippen LogP) is 2.44. The van der Waals surface area contributed by atoms with Gasteiger partial charge in [0.15, 0.2) is 11.6 Å². The molecule has 0 unspecified atom stereocenters. The summed E-state index contributed by atoms with van der Waals surface area (Å²) in [4.78, 5) is 14.4. The molecule has 0 aromatic heterocycles. The summed E-state index contributed by atoms with van der Waals surface area (Å²) < 4.78 is 80.6. The Balaban J connectivity index is 2.50. The molecule has 1 saturated heterocycles. The number of primary amides is 1. The van der Waals surface area contributed by atoms with Crippen LogP contribution in [0.1, 0.15) is 39.7 Å². The number of hydrogen-bond acceptors (Lipinski definition) is 5. The molecule has 0 saturated carbocycles. The second kappa shape index (κ2) is 8.58. The molecule has 1 aromatic carbocycles. The molecular formula is C19H23BF5N3O3. The number of rotatable bonds is 6. The Labute approximate surface area is 176 Å². The minimum absolute atomic E-state index is 0.243. The van der Waals surface area contributed by atoms with E-state index in [0.29, 0.717) is 6.21 Å². The monoisotopic (exact) mass is 447 g/mol. The average molecular weight is 447 g/mol. The predicted molar refractivity (Wildman–Crippen MR) is 106 cm³/mol. The molecule has 0 radical (unpaired) electrons. The lowest BCUT2D eigenvalue weighted by Gasteiger charge is -2.32. The molecule has 6 nitrogen and oxygen atoms in total. The highest BCUT2D eigenvalue weighted by Crippen LogP contribution is 2.37. The van der Waals surface area contributed by atoms with E-state index < -0.39 is 58.9 Å². The Bertz CT molecular complexity index is 913. The van der Waals surface area contributed by atoms with E-state index in [1.54, 1.807) is 27.7 Å². The molecule has 1 heterocycles. The number of carbonyl (C=O) groups is 1. The first-order valence-electron chi connectivity index (χ1n) is 9.27. The maximum absolute atomic E-state index is 14.9. The van der Waals surface area contributed by atoms with Crippen molar-refractivity contribution in [2.24, 2.45) is 16.5 Å². The largest absolute Gasteiger partial charge is 0.497 e. The van der Waals surface area contributed by atoms with E-state index in [2.05, 4.69) is 4.99 Å². The van der Waals surface area contributed by atoms with Crippen LogP contribution < -0.4 is 16.9 Å². The van der Waals surface area contributed by atoms with Crippen LogP contribution in [-0.4, -0.2) is 43.2 Å². The van der Waals surface area contributed by atoms with Gasteiger partial charge in [0, 0.05) is 35.8 Å². The molecule has 0 bridgehead atoms. The summed E-state index contributed by atoms with van der Waals surface area (Å²) in [5, 5.41) is 0. The third kappa shape index (κ3) is 5.24. The number of nitrogens with zero attached hydrogens (tertiary/aromatic N) is 1. The van der Waals surface area contributed by atoms with E-state index >= 15 is 0 Å². The number of nitrogens with two attached hydrogens (primary N) is 2. The van der Waals surface area contributed by atoms with Gasteiger partial charge in [-0.2, -0.15) is 13.2 Å². The van der Waals surface area contributed by atoms with Crippen LogP contribution in [0.3, 0.4) is 0 Å². The molecule has 4 N–H and O–H groups in total. The Morgan fingerprint density at radius 3 is 2.13 bits per heavy atom. The van der Waals surface area contributed by atoms with Crippen LogP contribution in [0.15, 0.2) is 22.8 Å². The van der Waals surface area contributed by atoms with Crippen molar-refractivity contribution in [2.45, 2.75) is 51.5 Å². The first kappa shape index (κ1) is 24.8. The summed E-state index contributed by atoms with van der Waals surface area (Å²) in [6.45, 7) is 6.60. The SMILES string of the molecule is CC1(C)OB(c2ccc(/C(C=NCCC(N)=O)=C(/N)C(F)(F)F)c(F)c2F)OC1(C)C. The van der Waals surface area contributed by atoms with E-state index in [4.69, 9.17) is 20.8 Å². The second-order valence-corrected chi connectivity index (χ2v) is 8.00. The van der Waals surface area contributed by atoms with Gasteiger partial charge < -0.3 is 20.8 Å². The fraction of sp³-hybridized carbons (Fsp3) is 0.474. The molecule has 1 aromatic rings. The molecule has 31 heavy (non-hydrogen) atoms. The molecule has 2 rings (SSSR count). The third-order valence-corrected chi connectivity index (χ3v) is 5.21. The minimum Gasteiger partial charge on any atom is -0.399 e. The Kier molecular flexibility index (Phi) is 6.86. The van der Waals surface area contributed by atoms with Crippen LogP contribution in [0.4, 0.5) is 22.0 Å². The van der Waals surface area contributed by atoms with Crippen LogP contribution in [0.2, 0.25) is 0 Å². The Hall–Kier alpha value is -2.47. The van der Waals surface area contributed by atoms with Crippen molar-refractivity contribution in [1.29, 1.82) is 0 Å². The fourth-order valence-corrected chi connectivity index (χ4v) is 2.69. The molecule has 0 spiro atoms. The van der Waals surface area contributed by atoms with Gasteiger partial charge in [0.2, 0.25) is 5.91 Å². The number of benzene rings is 1. The van der Waals surface area contributed by atoms with Crippen molar-refractivity contribution in [1.82, 2.24) is 0 Å². The number of alkyl halides is 3. The van der Waals surface area contributed by atoms with Crippen molar-refractivity contribution in [3.63, 3.8) is 0 Å². The first-order chi connectivity index (χ1) is 14.1. The molecule has 0 aliphatic carbocycles. The van der Waals surface area contributed by atoms with Crippen LogP contribution in [0.25, 0.3) is 5.57 Å². The maximum Gasteiger partial charge on any atom is 0.497 e. The lowest BCUT2D eigenvalue weighted by molar-refractivity contribution is -0.117. The maximum atomic E-state index is 14.9. The zero-order chi connectivity index (χ0) is 23.8. The second-order valence-electron chi connectivity index (χ2n) is 8.00. The summed E-state index contributed by atoms with van der Waals surface area (Å²) in [5.41, 5.74) is 4.81. The van der Waals surface area contributed by atoms with Crippen LogP contribution in [0.5, 0.6) is 0 Å². The molecule has 12 heteroatoms. The lowest BCUT2D eigenvalue weighted by atomic mass is 9.77. The minimum atomic E-state index is -5.03. The molecular weight excluding hydrogens is 424 g/mol. The molecule has 1 aliphatic rings. The number of halogens is 5.